The Morgan fingerprint density at radius 1 is 1.52 bits per heavy atom. The number of fused-ring (bicyclic) bond motifs is 2. The summed E-state index contributed by atoms with van der Waals surface area (Å²) in [6.45, 7) is 4.08. The van der Waals surface area contributed by atoms with Crippen LogP contribution in [0.15, 0.2) is 47.0 Å². The molecular weight excluding hydrogens is 360 g/mol. The van der Waals surface area contributed by atoms with Crippen LogP contribution in [0.2, 0.25) is 0 Å². The minimum Gasteiger partial charge on any atom is -0.388 e. The van der Waals surface area contributed by atoms with Gasteiger partial charge in [-0.1, -0.05) is 23.9 Å². The third-order valence-electron chi connectivity index (χ3n) is 5.62. The molecule has 2 aromatic heterocycles. The number of allylic oxidation sites excluding steroid dienone is 1. The fourth-order valence-electron chi connectivity index (χ4n) is 4.03. The van der Waals surface area contributed by atoms with Crippen molar-refractivity contribution < 1.29 is 6.48 Å². The molecule has 3 aromatic rings. The Morgan fingerprint density at radius 3 is 3.04 bits per heavy atom. The molecule has 6 nitrogen and oxygen atoms in total. The predicted molar refractivity (Wildman–Crippen MR) is 105 cm³/mol. The average Bonchev–Trinajstić information content (AvgIpc) is 3.39. The molecular formula is C20H20N4O2S. The second kappa shape index (κ2) is 5.81. The first-order valence-electron chi connectivity index (χ1n) is 9.41. The van der Waals surface area contributed by atoms with Gasteiger partial charge in [0.05, 0.1) is 19.7 Å². The van der Waals surface area contributed by atoms with Gasteiger partial charge in [0.25, 0.3) is 5.56 Å². The van der Waals surface area contributed by atoms with Gasteiger partial charge in [-0.2, -0.15) is 0 Å². The van der Waals surface area contributed by atoms with Crippen LogP contribution >= 0.6 is 11.8 Å². The third kappa shape index (κ3) is 2.34. The summed E-state index contributed by atoms with van der Waals surface area (Å²) in [5.74, 6) is 0. The number of hydrogen-bond donors (Lipinski definition) is 1. The number of benzene rings is 1. The van der Waals surface area contributed by atoms with Crippen LogP contribution in [-0.4, -0.2) is 30.7 Å². The van der Waals surface area contributed by atoms with Gasteiger partial charge in [0.1, 0.15) is 5.39 Å². The van der Waals surface area contributed by atoms with E-state index >= 15 is 0 Å². The second-order valence-corrected chi connectivity index (χ2v) is 8.00. The van der Waals surface area contributed by atoms with Crippen molar-refractivity contribution in [2.45, 2.75) is 37.0 Å². The first kappa shape index (κ1) is 15.7. The maximum absolute atomic E-state index is 12.9. The normalized spacial score (nSPS) is 22.8. The third-order valence-corrected chi connectivity index (χ3v) is 6.18. The highest BCUT2D eigenvalue weighted by molar-refractivity contribution is 7.98. The molecule has 2 aliphatic rings. The van der Waals surface area contributed by atoms with Crippen molar-refractivity contribution >= 4 is 22.8 Å². The zero-order chi connectivity index (χ0) is 19.7. The van der Waals surface area contributed by atoms with Gasteiger partial charge < -0.3 is 5.11 Å². The molecule has 2 aliphatic carbocycles. The molecule has 1 unspecified atom stereocenters. The Balaban J connectivity index is 1.77. The van der Waals surface area contributed by atoms with Gasteiger partial charge >= 0.3 is 0 Å². The summed E-state index contributed by atoms with van der Waals surface area (Å²) in [4.78, 5) is 21.7. The maximum Gasteiger partial charge on any atom is 0.278 e. The van der Waals surface area contributed by atoms with E-state index in [0.717, 1.165) is 24.8 Å². The molecule has 1 N–H and O–H groups in total. The molecule has 27 heavy (non-hydrogen) atoms. The Bertz CT molecular complexity index is 1190. The molecule has 1 aromatic carbocycles. The average molecular weight is 381 g/mol. The van der Waals surface area contributed by atoms with Crippen molar-refractivity contribution in [1.82, 2.24) is 19.3 Å². The highest BCUT2D eigenvalue weighted by atomic mass is 32.2. The molecule has 0 aliphatic heterocycles. The summed E-state index contributed by atoms with van der Waals surface area (Å²) in [7, 11) is 0. The quantitative estimate of drug-likeness (QED) is 0.427. The van der Waals surface area contributed by atoms with Crippen LogP contribution in [0.1, 0.15) is 31.4 Å². The Labute approximate surface area is 161 Å². The number of aromatic nitrogens is 4. The number of nitrogens with zero attached hydrogens (tertiary/aromatic N) is 4. The fourth-order valence-corrected chi connectivity index (χ4v) is 4.37. The van der Waals surface area contributed by atoms with E-state index < -0.39 is 6.08 Å². The van der Waals surface area contributed by atoms with Crippen molar-refractivity contribution in [2.24, 2.45) is 5.41 Å². The summed E-state index contributed by atoms with van der Waals surface area (Å²) >= 11 is 1.41. The van der Waals surface area contributed by atoms with Crippen molar-refractivity contribution in [1.29, 1.82) is 0 Å². The minimum atomic E-state index is -1.59. The van der Waals surface area contributed by atoms with Gasteiger partial charge in [-0.3, -0.25) is 4.79 Å². The lowest BCUT2D eigenvalue weighted by molar-refractivity contribution is 0.109. The van der Waals surface area contributed by atoms with Crippen LogP contribution in [0.4, 0.5) is 0 Å². The van der Waals surface area contributed by atoms with Crippen LogP contribution in [0, 0.1) is 5.41 Å². The van der Waals surface area contributed by atoms with E-state index in [1.54, 1.807) is 21.6 Å². The molecule has 1 atom stereocenters. The van der Waals surface area contributed by atoms with Crippen molar-refractivity contribution in [3.8, 4) is 5.69 Å². The number of rotatable bonds is 4. The SMILES string of the molecule is [2H]C1(O)c2cc(-n3c4nc(SC)ncc4c(=O)n3CC=C)ccc2CC12CC2. The zero-order valence-corrected chi connectivity index (χ0v) is 15.8. The first-order chi connectivity index (χ1) is 13.4. The predicted octanol–water partition coefficient (Wildman–Crippen LogP) is 2.86. The molecule has 0 radical (unpaired) electrons. The maximum atomic E-state index is 12.9. The Hall–Kier alpha value is -2.38. The summed E-state index contributed by atoms with van der Waals surface area (Å²) < 4.78 is 11.9. The summed E-state index contributed by atoms with van der Waals surface area (Å²) in [5.41, 5.74) is 2.30. The lowest BCUT2D eigenvalue weighted by Crippen LogP contribution is -2.21. The largest absolute Gasteiger partial charge is 0.388 e. The van der Waals surface area contributed by atoms with E-state index in [1.807, 2.05) is 24.5 Å². The smallest absolute Gasteiger partial charge is 0.278 e. The molecule has 7 heteroatoms. The van der Waals surface area contributed by atoms with Gasteiger partial charge in [-0.15, -0.1) is 6.58 Å². The molecule has 1 saturated carbocycles. The highest BCUT2D eigenvalue weighted by Gasteiger charge is 2.54. The number of aliphatic hydroxyl groups is 1. The van der Waals surface area contributed by atoms with Gasteiger partial charge in [-0.05, 0) is 48.8 Å². The molecule has 5 rings (SSSR count). The first-order valence-corrected chi connectivity index (χ1v) is 10.1. The molecule has 2 heterocycles. The Morgan fingerprint density at radius 2 is 2.33 bits per heavy atom. The minimum absolute atomic E-state index is 0.192. The van der Waals surface area contributed by atoms with Gasteiger partial charge in [0, 0.05) is 11.6 Å². The van der Waals surface area contributed by atoms with E-state index in [1.165, 1.54) is 11.8 Å². The van der Waals surface area contributed by atoms with Crippen LogP contribution < -0.4 is 5.56 Å². The molecule has 0 bridgehead atoms. The van der Waals surface area contributed by atoms with Crippen LogP contribution in [0.3, 0.4) is 0 Å². The standard InChI is InChI=1S/C20H20N4O2S/c1-3-8-23-18(26)15-11-21-19(27-2)22-17(15)24(23)13-5-4-12-10-20(6-7-20)16(25)14(12)9-13/h3-5,9,11,16,25H,1,6-8,10H2,2H3/i16D. The molecule has 0 amide bonds. The van der Waals surface area contributed by atoms with Crippen LogP contribution in [-0.2, 0) is 13.0 Å². The van der Waals surface area contributed by atoms with E-state index in [4.69, 9.17) is 1.37 Å². The number of thioether (sulfide) groups is 1. The molecule has 0 saturated heterocycles. The monoisotopic (exact) mass is 381 g/mol. The van der Waals surface area contributed by atoms with Crippen molar-refractivity contribution in [3.05, 3.63) is 58.5 Å². The van der Waals surface area contributed by atoms with E-state index in [0.29, 0.717) is 34.0 Å². The topological polar surface area (TPSA) is 72.9 Å². The zero-order valence-electron chi connectivity index (χ0n) is 16.0. The summed E-state index contributed by atoms with van der Waals surface area (Å²) in [6, 6.07) is 5.72. The lowest BCUT2D eigenvalue weighted by atomic mass is 10.0. The van der Waals surface area contributed by atoms with Crippen LogP contribution in [0.5, 0.6) is 0 Å². The summed E-state index contributed by atoms with van der Waals surface area (Å²) in [5, 5.41) is 11.9. The molecule has 1 fully saturated rings. The molecule has 138 valence electrons. The second-order valence-electron chi connectivity index (χ2n) is 7.23. The van der Waals surface area contributed by atoms with Crippen molar-refractivity contribution in [3.63, 3.8) is 0 Å². The van der Waals surface area contributed by atoms with Crippen molar-refractivity contribution in [2.75, 3.05) is 6.26 Å². The van der Waals surface area contributed by atoms with Gasteiger partial charge in [-0.25, -0.2) is 19.3 Å². The summed E-state index contributed by atoms with van der Waals surface area (Å²) in [6.07, 6.45) is 5.98. The fraction of sp³-hybridized carbons (Fsp3) is 0.350. The Kier molecular flexibility index (Phi) is 3.37. The van der Waals surface area contributed by atoms with E-state index in [-0.39, 0.29) is 11.0 Å². The van der Waals surface area contributed by atoms with E-state index in [9.17, 15) is 9.90 Å². The molecule has 1 spiro atoms. The van der Waals surface area contributed by atoms with Gasteiger partial charge in [0.15, 0.2) is 10.8 Å². The highest BCUT2D eigenvalue weighted by Crippen LogP contribution is 2.62. The lowest BCUT2D eigenvalue weighted by Gasteiger charge is -2.15. The number of hydrogen-bond acceptors (Lipinski definition) is 5. The van der Waals surface area contributed by atoms with Gasteiger partial charge in [0.2, 0.25) is 0 Å². The van der Waals surface area contributed by atoms with Crippen LogP contribution in [0.25, 0.3) is 16.7 Å². The van der Waals surface area contributed by atoms with E-state index in [2.05, 4.69) is 16.5 Å².